The molecule has 10 heteroatoms. The maximum atomic E-state index is 13.4. The van der Waals surface area contributed by atoms with E-state index in [9.17, 15) is 14.4 Å². The monoisotopic (exact) mass is 466 g/mol. The Balaban J connectivity index is 1.31. The number of thiophene rings is 1. The predicted molar refractivity (Wildman–Crippen MR) is 121 cm³/mol. The number of aromatic amines is 1. The van der Waals surface area contributed by atoms with Gasteiger partial charge in [-0.3, -0.25) is 14.5 Å². The van der Waals surface area contributed by atoms with Gasteiger partial charge in [0.25, 0.3) is 11.5 Å². The van der Waals surface area contributed by atoms with Crippen LogP contribution in [0.5, 0.6) is 11.5 Å². The molecule has 0 bridgehead atoms. The number of hydrogen-bond donors (Lipinski definition) is 2. The molecule has 1 aliphatic carbocycles. The first-order valence-corrected chi connectivity index (χ1v) is 11.8. The molecule has 1 atom stereocenters. The fraction of sp³-hybridized carbons (Fsp3) is 0.391. The zero-order chi connectivity index (χ0) is 22.7. The van der Waals surface area contributed by atoms with Crippen molar-refractivity contribution in [1.29, 1.82) is 0 Å². The number of fused-ring (bicyclic) bond motifs is 4. The van der Waals surface area contributed by atoms with Gasteiger partial charge < -0.3 is 19.8 Å². The van der Waals surface area contributed by atoms with Gasteiger partial charge in [0.1, 0.15) is 29.4 Å². The summed E-state index contributed by atoms with van der Waals surface area (Å²) in [5.41, 5.74) is 0.216. The van der Waals surface area contributed by atoms with Crippen molar-refractivity contribution in [3.8, 4) is 11.5 Å². The minimum Gasteiger partial charge on any atom is -0.486 e. The number of nitrogens with zero attached hydrogens (tertiary/aromatic N) is 2. The summed E-state index contributed by atoms with van der Waals surface area (Å²) >= 11 is 1.54. The number of amides is 3. The second-order valence-electron chi connectivity index (χ2n) is 8.71. The van der Waals surface area contributed by atoms with E-state index in [4.69, 9.17) is 9.47 Å². The third kappa shape index (κ3) is 3.12. The normalized spacial score (nSPS) is 21.9. The lowest BCUT2D eigenvalue weighted by Gasteiger charge is -2.25. The van der Waals surface area contributed by atoms with Crippen LogP contribution in [0.25, 0.3) is 10.2 Å². The molecule has 2 N–H and O–H groups in total. The lowest BCUT2D eigenvalue weighted by Crippen LogP contribution is -2.41. The Labute approximate surface area is 192 Å². The van der Waals surface area contributed by atoms with E-state index in [-0.39, 0.29) is 12.1 Å². The molecule has 1 aromatic carbocycles. The van der Waals surface area contributed by atoms with Crippen LogP contribution in [0.2, 0.25) is 0 Å². The number of carbonyl (C=O) groups is 2. The van der Waals surface area contributed by atoms with Crippen LogP contribution >= 0.6 is 11.3 Å². The van der Waals surface area contributed by atoms with Crippen molar-refractivity contribution in [1.82, 2.24) is 20.2 Å². The largest absolute Gasteiger partial charge is 0.486 e. The molecule has 2 aromatic heterocycles. The van der Waals surface area contributed by atoms with Crippen LogP contribution in [-0.4, -0.2) is 40.0 Å². The number of carbonyl (C=O) groups excluding carboxylic acids is 2. The van der Waals surface area contributed by atoms with Crippen molar-refractivity contribution in [2.24, 2.45) is 0 Å². The molecule has 3 aromatic rings. The number of benzene rings is 1. The van der Waals surface area contributed by atoms with Crippen molar-refractivity contribution in [2.45, 2.75) is 44.7 Å². The van der Waals surface area contributed by atoms with Crippen molar-refractivity contribution < 1.29 is 19.1 Å². The number of nitrogens with one attached hydrogen (secondary N) is 2. The minimum atomic E-state index is -1.26. The number of imide groups is 1. The first-order valence-electron chi connectivity index (χ1n) is 11.0. The Bertz CT molecular complexity index is 1380. The number of aryl methyl sites for hydroxylation is 2. The molecule has 33 heavy (non-hydrogen) atoms. The van der Waals surface area contributed by atoms with Crippen molar-refractivity contribution in [3.63, 3.8) is 0 Å². The van der Waals surface area contributed by atoms with Crippen LogP contribution in [-0.2, 0) is 29.7 Å². The first-order chi connectivity index (χ1) is 15.9. The zero-order valence-electron chi connectivity index (χ0n) is 18.0. The molecule has 0 saturated carbocycles. The Morgan fingerprint density at radius 2 is 1.91 bits per heavy atom. The topological polar surface area (TPSA) is 114 Å². The van der Waals surface area contributed by atoms with Crippen LogP contribution in [0.1, 0.15) is 41.6 Å². The number of aromatic nitrogens is 2. The molecule has 1 saturated heterocycles. The maximum Gasteiger partial charge on any atom is 0.325 e. The fourth-order valence-corrected chi connectivity index (χ4v) is 6.10. The van der Waals surface area contributed by atoms with Gasteiger partial charge in [-0.1, -0.05) is 6.07 Å². The summed E-state index contributed by atoms with van der Waals surface area (Å²) in [6.45, 7) is 2.44. The smallest absolute Gasteiger partial charge is 0.325 e. The fourth-order valence-electron chi connectivity index (χ4n) is 4.82. The molecule has 1 fully saturated rings. The molecule has 9 nitrogen and oxygen atoms in total. The van der Waals surface area contributed by atoms with Gasteiger partial charge in [0.15, 0.2) is 11.5 Å². The van der Waals surface area contributed by atoms with E-state index in [2.05, 4.69) is 15.3 Å². The molecule has 0 spiro atoms. The lowest BCUT2D eigenvalue weighted by atomic mass is 9.91. The highest BCUT2D eigenvalue weighted by Gasteiger charge is 2.49. The molecule has 0 radical (unpaired) electrons. The molecule has 170 valence electrons. The summed E-state index contributed by atoms with van der Waals surface area (Å²) in [6.07, 6.45) is 4.04. The van der Waals surface area contributed by atoms with Gasteiger partial charge in [-0.15, -0.1) is 11.3 Å². The Hall–Kier alpha value is -3.40. The van der Waals surface area contributed by atoms with E-state index >= 15 is 0 Å². The van der Waals surface area contributed by atoms with Gasteiger partial charge >= 0.3 is 6.03 Å². The number of ether oxygens (including phenoxy) is 2. The standard InChI is InChI=1S/C23H22N4O5S/c1-23(12-6-7-14-15(10-12)32-9-8-31-14)21(29)27(22(30)26-23)11-17-24-19(28)18-13-4-2-3-5-16(13)33-20(18)25-17/h6-7,10H,2-5,8-9,11H2,1H3,(H,26,30)(H,24,25,28)/t23-/m1/s1. The van der Waals surface area contributed by atoms with Gasteiger partial charge in [-0.25, -0.2) is 9.78 Å². The summed E-state index contributed by atoms with van der Waals surface area (Å²) < 4.78 is 11.2. The van der Waals surface area contributed by atoms with Crippen molar-refractivity contribution in [2.75, 3.05) is 13.2 Å². The zero-order valence-corrected chi connectivity index (χ0v) is 18.8. The highest BCUT2D eigenvalue weighted by atomic mass is 32.1. The van der Waals surface area contributed by atoms with E-state index in [1.807, 2.05) is 0 Å². The Morgan fingerprint density at radius 3 is 2.76 bits per heavy atom. The van der Waals surface area contributed by atoms with Crippen LogP contribution in [0, 0.1) is 0 Å². The summed E-state index contributed by atoms with van der Waals surface area (Å²) in [5.74, 6) is 1.02. The molecule has 3 amide bonds. The highest BCUT2D eigenvalue weighted by Crippen LogP contribution is 2.37. The van der Waals surface area contributed by atoms with E-state index < -0.39 is 17.5 Å². The van der Waals surface area contributed by atoms with E-state index in [0.717, 1.165) is 36.1 Å². The average molecular weight is 467 g/mol. The molecule has 4 heterocycles. The third-order valence-corrected chi connectivity index (χ3v) is 7.76. The number of urea groups is 1. The predicted octanol–water partition coefficient (Wildman–Crippen LogP) is 2.60. The molecule has 3 aliphatic rings. The van der Waals surface area contributed by atoms with Gasteiger partial charge in [0, 0.05) is 4.88 Å². The van der Waals surface area contributed by atoms with Gasteiger partial charge in [0.2, 0.25) is 0 Å². The molecular formula is C23H22N4O5S. The molecule has 6 rings (SSSR count). The van der Waals surface area contributed by atoms with Crippen LogP contribution in [0.4, 0.5) is 4.79 Å². The second kappa shape index (κ2) is 7.31. The number of hydrogen-bond acceptors (Lipinski definition) is 7. The molecule has 0 unspecified atom stereocenters. The second-order valence-corrected chi connectivity index (χ2v) is 9.79. The summed E-state index contributed by atoms with van der Waals surface area (Å²) in [6, 6.07) is 4.67. The van der Waals surface area contributed by atoms with Gasteiger partial charge in [-0.2, -0.15) is 0 Å². The van der Waals surface area contributed by atoms with Crippen molar-refractivity contribution >= 4 is 33.5 Å². The highest BCUT2D eigenvalue weighted by molar-refractivity contribution is 7.18. The Morgan fingerprint density at radius 1 is 1.12 bits per heavy atom. The average Bonchev–Trinajstić information content (AvgIpc) is 3.29. The maximum absolute atomic E-state index is 13.4. The minimum absolute atomic E-state index is 0.113. The SMILES string of the molecule is C[C@]1(c2ccc3c(c2)OCCO3)NC(=O)N(Cc2nc3sc4c(c3c(=O)[nH]2)CCCC4)C1=O. The van der Waals surface area contributed by atoms with E-state index in [1.165, 1.54) is 16.2 Å². The van der Waals surface area contributed by atoms with Gasteiger partial charge in [0.05, 0.1) is 11.9 Å². The first kappa shape index (κ1) is 20.2. The quantitative estimate of drug-likeness (QED) is 0.574. The number of H-pyrrole nitrogens is 1. The van der Waals surface area contributed by atoms with Crippen LogP contribution < -0.4 is 20.3 Å². The summed E-state index contributed by atoms with van der Waals surface area (Å²) in [5, 5.41) is 3.44. The van der Waals surface area contributed by atoms with Crippen LogP contribution in [0.3, 0.4) is 0 Å². The number of rotatable bonds is 3. The molecule has 2 aliphatic heterocycles. The molecular weight excluding hydrogens is 444 g/mol. The van der Waals surface area contributed by atoms with Gasteiger partial charge in [-0.05, 0) is 55.9 Å². The van der Waals surface area contributed by atoms with Crippen LogP contribution in [0.15, 0.2) is 23.0 Å². The lowest BCUT2D eigenvalue weighted by molar-refractivity contribution is -0.131. The van der Waals surface area contributed by atoms with Crippen molar-refractivity contribution in [3.05, 3.63) is 50.4 Å². The summed E-state index contributed by atoms with van der Waals surface area (Å²) in [7, 11) is 0. The third-order valence-electron chi connectivity index (χ3n) is 6.58. The van der Waals surface area contributed by atoms with E-state index in [1.54, 1.807) is 25.1 Å². The van der Waals surface area contributed by atoms with E-state index in [0.29, 0.717) is 46.3 Å². The Kier molecular flexibility index (Phi) is 4.48. The summed E-state index contributed by atoms with van der Waals surface area (Å²) in [4.78, 5) is 49.4.